The van der Waals surface area contributed by atoms with E-state index in [1.807, 2.05) is 6.92 Å². The lowest BCUT2D eigenvalue weighted by molar-refractivity contribution is 0.250. The second-order valence-electron chi connectivity index (χ2n) is 5.16. The minimum atomic E-state index is -3.47. The van der Waals surface area contributed by atoms with Gasteiger partial charge in [0.2, 0.25) is 10.0 Å². The number of nitrogen functional groups attached to an aromatic ring is 1. The lowest BCUT2D eigenvalue weighted by Gasteiger charge is -2.31. The van der Waals surface area contributed by atoms with E-state index in [1.54, 1.807) is 12.1 Å². The second-order valence-corrected chi connectivity index (χ2v) is 7.09. The number of hydrogen-bond donors (Lipinski definition) is 1. The molecule has 2 N–H and O–H groups in total. The largest absolute Gasteiger partial charge is 0.495 e. The fourth-order valence-electron chi connectivity index (χ4n) is 2.38. The molecular formula is C14H22N2O3S. The van der Waals surface area contributed by atoms with E-state index in [-0.39, 0.29) is 4.90 Å². The van der Waals surface area contributed by atoms with Crippen LogP contribution in [-0.4, -0.2) is 32.9 Å². The third-order valence-corrected chi connectivity index (χ3v) is 5.81. The van der Waals surface area contributed by atoms with Crippen LogP contribution in [0, 0.1) is 5.92 Å². The Labute approximate surface area is 120 Å². The van der Waals surface area contributed by atoms with Crippen molar-refractivity contribution >= 4 is 15.7 Å². The first kappa shape index (κ1) is 15.1. The Morgan fingerprint density at radius 3 is 2.55 bits per heavy atom. The van der Waals surface area contributed by atoms with Gasteiger partial charge in [0, 0.05) is 13.1 Å². The second kappa shape index (κ2) is 6.01. The summed E-state index contributed by atoms with van der Waals surface area (Å²) in [5.74, 6) is 0.992. The van der Waals surface area contributed by atoms with Gasteiger partial charge >= 0.3 is 0 Å². The van der Waals surface area contributed by atoms with E-state index in [2.05, 4.69) is 0 Å². The van der Waals surface area contributed by atoms with Gasteiger partial charge in [-0.05, 0) is 37.0 Å². The first-order chi connectivity index (χ1) is 9.48. The first-order valence-corrected chi connectivity index (χ1v) is 8.36. The van der Waals surface area contributed by atoms with Crippen LogP contribution in [0.15, 0.2) is 23.1 Å². The third-order valence-electron chi connectivity index (χ3n) is 3.88. The number of ether oxygens (including phenoxy) is 1. The fraction of sp³-hybridized carbons (Fsp3) is 0.571. The van der Waals surface area contributed by atoms with Crippen LogP contribution in [0.25, 0.3) is 0 Å². The van der Waals surface area contributed by atoms with Gasteiger partial charge in [0.15, 0.2) is 0 Å². The molecule has 0 bridgehead atoms. The third kappa shape index (κ3) is 2.91. The molecule has 0 aliphatic heterocycles. The zero-order valence-corrected chi connectivity index (χ0v) is 12.8. The number of methoxy groups -OCH3 is 1. The van der Waals surface area contributed by atoms with Crippen LogP contribution in [0.1, 0.15) is 26.2 Å². The van der Waals surface area contributed by atoms with E-state index in [9.17, 15) is 8.42 Å². The van der Waals surface area contributed by atoms with E-state index in [0.29, 0.717) is 30.4 Å². The monoisotopic (exact) mass is 298 g/mol. The molecule has 1 aromatic carbocycles. The van der Waals surface area contributed by atoms with Crippen molar-refractivity contribution in [2.24, 2.45) is 5.92 Å². The molecule has 1 saturated carbocycles. The Hall–Kier alpha value is -1.27. The molecule has 1 aromatic rings. The normalized spacial score (nSPS) is 16.1. The van der Waals surface area contributed by atoms with Gasteiger partial charge < -0.3 is 10.5 Å². The molecule has 0 spiro atoms. The zero-order chi connectivity index (χ0) is 14.8. The molecular weight excluding hydrogens is 276 g/mol. The highest BCUT2D eigenvalue weighted by molar-refractivity contribution is 7.89. The summed E-state index contributed by atoms with van der Waals surface area (Å²) in [7, 11) is -1.96. The maximum Gasteiger partial charge on any atom is 0.243 e. The standard InChI is InChI=1S/C14H22N2O3S/c1-3-16(10-11-5-4-6-11)20(17,18)12-7-8-14(19-2)13(15)9-12/h7-9,11H,3-6,10,15H2,1-2H3. The van der Waals surface area contributed by atoms with Gasteiger partial charge in [-0.15, -0.1) is 0 Å². The number of nitrogens with two attached hydrogens (primary N) is 1. The molecule has 1 aliphatic carbocycles. The molecule has 1 fully saturated rings. The van der Waals surface area contributed by atoms with Gasteiger partial charge in [-0.2, -0.15) is 4.31 Å². The number of rotatable bonds is 6. The number of hydrogen-bond acceptors (Lipinski definition) is 4. The molecule has 0 saturated heterocycles. The molecule has 0 radical (unpaired) electrons. The summed E-state index contributed by atoms with van der Waals surface area (Å²) in [4.78, 5) is 0.233. The van der Waals surface area contributed by atoms with E-state index < -0.39 is 10.0 Å². The van der Waals surface area contributed by atoms with E-state index >= 15 is 0 Å². The predicted octanol–water partition coefficient (Wildman–Crippen LogP) is 2.09. The smallest absolute Gasteiger partial charge is 0.243 e. The lowest BCUT2D eigenvalue weighted by Crippen LogP contribution is -2.37. The van der Waals surface area contributed by atoms with Crippen LogP contribution < -0.4 is 10.5 Å². The molecule has 1 aliphatic rings. The number of sulfonamides is 1. The molecule has 0 atom stereocenters. The molecule has 112 valence electrons. The van der Waals surface area contributed by atoms with Crippen LogP contribution in [0.4, 0.5) is 5.69 Å². The Morgan fingerprint density at radius 2 is 2.10 bits per heavy atom. The summed E-state index contributed by atoms with van der Waals surface area (Å²) in [6, 6.07) is 4.62. The molecule has 0 heterocycles. The van der Waals surface area contributed by atoms with E-state index in [0.717, 1.165) is 12.8 Å². The van der Waals surface area contributed by atoms with Crippen molar-refractivity contribution in [3.8, 4) is 5.75 Å². The average Bonchev–Trinajstić information content (AvgIpc) is 2.37. The van der Waals surface area contributed by atoms with E-state index in [1.165, 1.54) is 23.9 Å². The number of nitrogens with zero attached hydrogens (tertiary/aromatic N) is 1. The Kier molecular flexibility index (Phi) is 4.55. The van der Waals surface area contributed by atoms with Crippen LogP contribution in [0.5, 0.6) is 5.75 Å². The topological polar surface area (TPSA) is 72.6 Å². The van der Waals surface area contributed by atoms with Gasteiger partial charge in [-0.1, -0.05) is 13.3 Å². The molecule has 0 aromatic heterocycles. The highest BCUT2D eigenvalue weighted by Crippen LogP contribution is 2.30. The van der Waals surface area contributed by atoms with Gasteiger partial charge in [0.25, 0.3) is 0 Å². The summed E-state index contributed by atoms with van der Waals surface area (Å²) in [5.41, 5.74) is 6.14. The molecule has 0 unspecified atom stereocenters. The highest BCUT2D eigenvalue weighted by atomic mass is 32.2. The molecule has 2 rings (SSSR count). The Morgan fingerprint density at radius 1 is 1.40 bits per heavy atom. The predicted molar refractivity (Wildman–Crippen MR) is 79.2 cm³/mol. The van der Waals surface area contributed by atoms with Crippen molar-refractivity contribution in [1.29, 1.82) is 0 Å². The summed E-state index contributed by atoms with van der Waals surface area (Å²) in [6.07, 6.45) is 3.45. The van der Waals surface area contributed by atoms with Crippen LogP contribution >= 0.6 is 0 Å². The number of benzene rings is 1. The van der Waals surface area contributed by atoms with Gasteiger partial charge in [0.05, 0.1) is 17.7 Å². The van der Waals surface area contributed by atoms with Gasteiger partial charge in [-0.25, -0.2) is 8.42 Å². The minimum absolute atomic E-state index is 0.233. The molecule has 5 nitrogen and oxygen atoms in total. The number of anilines is 1. The van der Waals surface area contributed by atoms with Crippen LogP contribution in [-0.2, 0) is 10.0 Å². The quantitative estimate of drug-likeness (QED) is 0.816. The van der Waals surface area contributed by atoms with Crippen LogP contribution in [0.2, 0.25) is 0 Å². The van der Waals surface area contributed by atoms with Crippen molar-refractivity contribution < 1.29 is 13.2 Å². The SMILES string of the molecule is CCN(CC1CCC1)S(=O)(=O)c1ccc(OC)c(N)c1. The summed E-state index contributed by atoms with van der Waals surface area (Å²) >= 11 is 0. The highest BCUT2D eigenvalue weighted by Gasteiger charge is 2.28. The van der Waals surface area contributed by atoms with E-state index in [4.69, 9.17) is 10.5 Å². The fourth-order valence-corrected chi connectivity index (χ4v) is 3.94. The van der Waals surface area contributed by atoms with Crippen LogP contribution in [0.3, 0.4) is 0 Å². The van der Waals surface area contributed by atoms with Gasteiger partial charge in [-0.3, -0.25) is 0 Å². The zero-order valence-electron chi connectivity index (χ0n) is 12.0. The summed E-state index contributed by atoms with van der Waals surface area (Å²) in [5, 5.41) is 0. The maximum atomic E-state index is 12.6. The van der Waals surface area contributed by atoms with Gasteiger partial charge in [0.1, 0.15) is 5.75 Å². The summed E-state index contributed by atoms with van der Waals surface area (Å²) < 4.78 is 31.8. The van der Waals surface area contributed by atoms with Crippen molar-refractivity contribution in [2.75, 3.05) is 25.9 Å². The maximum absolute atomic E-state index is 12.6. The Balaban J connectivity index is 2.24. The van der Waals surface area contributed by atoms with Crippen molar-refractivity contribution in [2.45, 2.75) is 31.1 Å². The van der Waals surface area contributed by atoms with Crippen molar-refractivity contribution in [3.05, 3.63) is 18.2 Å². The molecule has 20 heavy (non-hydrogen) atoms. The van der Waals surface area contributed by atoms with Crippen molar-refractivity contribution in [1.82, 2.24) is 4.31 Å². The molecule has 0 amide bonds. The summed E-state index contributed by atoms with van der Waals surface area (Å²) in [6.45, 7) is 2.94. The molecule has 6 heteroatoms. The lowest BCUT2D eigenvalue weighted by atomic mass is 9.85. The minimum Gasteiger partial charge on any atom is -0.495 e. The Bertz CT molecular complexity index is 568. The first-order valence-electron chi connectivity index (χ1n) is 6.92. The average molecular weight is 298 g/mol. The van der Waals surface area contributed by atoms with Crippen molar-refractivity contribution in [3.63, 3.8) is 0 Å².